The highest BCUT2D eigenvalue weighted by molar-refractivity contribution is 7.89. The van der Waals surface area contributed by atoms with Crippen molar-refractivity contribution >= 4 is 15.9 Å². The largest absolute Gasteiger partial charge is 0.419 e. The molecule has 2 aromatic rings. The first kappa shape index (κ1) is 20.8. The van der Waals surface area contributed by atoms with Gasteiger partial charge in [-0.25, -0.2) is 8.42 Å². The lowest BCUT2D eigenvalue weighted by molar-refractivity contribution is 0.281. The Morgan fingerprint density at radius 2 is 1.83 bits per heavy atom. The van der Waals surface area contributed by atoms with Gasteiger partial charge in [0.25, 0.3) is 0 Å². The van der Waals surface area contributed by atoms with Crippen LogP contribution in [0, 0.1) is 17.2 Å². The third-order valence-electron chi connectivity index (χ3n) is 5.86. The van der Waals surface area contributed by atoms with E-state index in [1.807, 2.05) is 4.90 Å². The number of aromatic nitrogens is 1. The van der Waals surface area contributed by atoms with Crippen molar-refractivity contribution in [3.8, 4) is 17.5 Å². The van der Waals surface area contributed by atoms with Gasteiger partial charge in [-0.3, -0.25) is 0 Å². The van der Waals surface area contributed by atoms with E-state index in [4.69, 9.17) is 4.42 Å². The van der Waals surface area contributed by atoms with Gasteiger partial charge in [-0.1, -0.05) is 6.92 Å². The first-order valence-electron chi connectivity index (χ1n) is 10.3. The number of rotatable bonds is 4. The van der Waals surface area contributed by atoms with E-state index in [1.165, 1.54) is 0 Å². The Labute approximate surface area is 177 Å². The van der Waals surface area contributed by atoms with Crippen LogP contribution < -0.4 is 4.90 Å². The van der Waals surface area contributed by atoms with Crippen molar-refractivity contribution in [1.82, 2.24) is 14.2 Å². The molecule has 9 heteroatoms. The number of anilines is 1. The maximum Gasteiger partial charge on any atom is 0.243 e. The number of hydrogen-bond acceptors (Lipinski definition) is 7. The summed E-state index contributed by atoms with van der Waals surface area (Å²) in [5, 5.41) is 9.48. The predicted molar refractivity (Wildman–Crippen MR) is 114 cm³/mol. The number of sulfonamides is 1. The van der Waals surface area contributed by atoms with Crippen LogP contribution in [0.2, 0.25) is 0 Å². The van der Waals surface area contributed by atoms with Gasteiger partial charge < -0.3 is 14.2 Å². The minimum Gasteiger partial charge on any atom is -0.419 e. The van der Waals surface area contributed by atoms with Crippen molar-refractivity contribution in [2.75, 3.05) is 51.2 Å². The lowest BCUT2D eigenvalue weighted by atomic mass is 10.0. The maximum atomic E-state index is 13.0. The Kier molecular flexibility index (Phi) is 5.82. The van der Waals surface area contributed by atoms with Crippen LogP contribution in [0.3, 0.4) is 0 Å². The number of benzene rings is 1. The summed E-state index contributed by atoms with van der Waals surface area (Å²) in [6, 6.07) is 8.69. The zero-order valence-electron chi connectivity index (χ0n) is 17.4. The molecular formula is C21H27N5O3S. The van der Waals surface area contributed by atoms with Gasteiger partial charge in [-0.15, -0.1) is 0 Å². The van der Waals surface area contributed by atoms with Crippen LogP contribution in [0.5, 0.6) is 0 Å². The van der Waals surface area contributed by atoms with E-state index >= 15 is 0 Å². The van der Waals surface area contributed by atoms with Crippen molar-refractivity contribution in [3.05, 3.63) is 30.0 Å². The molecule has 1 atom stereocenters. The van der Waals surface area contributed by atoms with Crippen LogP contribution in [-0.4, -0.2) is 68.9 Å². The van der Waals surface area contributed by atoms with Gasteiger partial charge in [0, 0.05) is 44.8 Å². The summed E-state index contributed by atoms with van der Waals surface area (Å²) in [6.07, 6.45) is 1.95. The molecule has 2 aliphatic rings. The number of nitriles is 1. The Morgan fingerprint density at radius 1 is 1.13 bits per heavy atom. The third kappa shape index (κ3) is 4.08. The standard InChI is InChI=1S/C21H27N5O3S/c1-16-4-3-9-26(15-16)30(27,28)18-7-5-17(6-8-18)20-23-19(14-22)21(29-20)25-12-10-24(2)11-13-25/h5-8,16H,3-4,9-13,15H2,1-2H3/t16-/m1/s1. The smallest absolute Gasteiger partial charge is 0.243 e. The summed E-state index contributed by atoms with van der Waals surface area (Å²) in [7, 11) is -1.44. The molecule has 0 radical (unpaired) electrons. The molecule has 4 rings (SSSR count). The van der Waals surface area contributed by atoms with Crippen LogP contribution >= 0.6 is 0 Å². The van der Waals surface area contributed by atoms with Crippen LogP contribution in [0.4, 0.5) is 5.88 Å². The Hall–Kier alpha value is -2.41. The summed E-state index contributed by atoms with van der Waals surface area (Å²) < 4.78 is 33.4. The predicted octanol–water partition coefficient (Wildman–Crippen LogP) is 2.39. The van der Waals surface area contributed by atoms with E-state index in [9.17, 15) is 13.7 Å². The molecule has 2 fully saturated rings. The van der Waals surface area contributed by atoms with Gasteiger partial charge in [0.1, 0.15) is 6.07 Å². The van der Waals surface area contributed by atoms with Crippen molar-refractivity contribution < 1.29 is 12.8 Å². The molecule has 160 valence electrons. The minimum absolute atomic E-state index is 0.258. The van der Waals surface area contributed by atoms with E-state index in [0.717, 1.165) is 39.0 Å². The lowest BCUT2D eigenvalue weighted by Crippen LogP contribution is -2.44. The van der Waals surface area contributed by atoms with Crippen LogP contribution in [0.15, 0.2) is 33.6 Å². The molecule has 0 aliphatic carbocycles. The zero-order chi connectivity index (χ0) is 21.3. The Morgan fingerprint density at radius 3 is 2.47 bits per heavy atom. The highest BCUT2D eigenvalue weighted by atomic mass is 32.2. The normalized spacial score (nSPS) is 21.5. The monoisotopic (exact) mass is 429 g/mol. The van der Waals surface area contributed by atoms with Crippen LogP contribution in [0.25, 0.3) is 11.5 Å². The molecule has 0 unspecified atom stereocenters. The average Bonchev–Trinajstić information content (AvgIpc) is 3.19. The van der Waals surface area contributed by atoms with E-state index in [-0.39, 0.29) is 10.6 Å². The van der Waals surface area contributed by atoms with Gasteiger partial charge in [-0.2, -0.15) is 14.6 Å². The van der Waals surface area contributed by atoms with E-state index in [2.05, 4.69) is 29.9 Å². The summed E-state index contributed by atoms with van der Waals surface area (Å²) in [4.78, 5) is 8.87. The highest BCUT2D eigenvalue weighted by Gasteiger charge is 2.29. The number of piperidine rings is 1. The molecule has 0 amide bonds. The van der Waals surface area contributed by atoms with E-state index in [1.54, 1.807) is 28.6 Å². The molecule has 2 aliphatic heterocycles. The number of oxazole rings is 1. The fourth-order valence-electron chi connectivity index (χ4n) is 4.02. The van der Waals surface area contributed by atoms with E-state index < -0.39 is 10.0 Å². The number of likely N-dealkylation sites (N-methyl/N-ethyl adjacent to an activating group) is 1. The molecule has 0 N–H and O–H groups in total. The van der Waals surface area contributed by atoms with Crippen molar-refractivity contribution in [2.45, 2.75) is 24.7 Å². The quantitative estimate of drug-likeness (QED) is 0.736. The second-order valence-corrected chi connectivity index (χ2v) is 10.1. The second kappa shape index (κ2) is 8.38. The number of hydrogen-bond donors (Lipinski definition) is 0. The average molecular weight is 430 g/mol. The summed E-state index contributed by atoms with van der Waals surface area (Å²) in [5.41, 5.74) is 0.909. The molecule has 2 saturated heterocycles. The first-order chi connectivity index (χ1) is 14.4. The van der Waals surface area contributed by atoms with Gasteiger partial charge >= 0.3 is 0 Å². The number of nitrogens with zero attached hydrogens (tertiary/aromatic N) is 5. The van der Waals surface area contributed by atoms with Crippen molar-refractivity contribution in [1.29, 1.82) is 5.26 Å². The zero-order valence-corrected chi connectivity index (χ0v) is 18.2. The molecule has 1 aromatic heterocycles. The van der Waals surface area contributed by atoms with E-state index in [0.29, 0.717) is 36.3 Å². The van der Waals surface area contributed by atoms with Gasteiger partial charge in [0.2, 0.25) is 27.5 Å². The third-order valence-corrected chi connectivity index (χ3v) is 7.74. The Balaban J connectivity index is 1.56. The summed E-state index contributed by atoms with van der Waals surface area (Å²) >= 11 is 0. The fraction of sp³-hybridized carbons (Fsp3) is 0.524. The first-order valence-corrected chi connectivity index (χ1v) is 11.8. The maximum absolute atomic E-state index is 13.0. The van der Waals surface area contributed by atoms with Crippen LogP contribution in [-0.2, 0) is 10.0 Å². The molecular weight excluding hydrogens is 402 g/mol. The van der Waals surface area contributed by atoms with Gasteiger partial charge in [0.05, 0.1) is 4.90 Å². The molecule has 0 bridgehead atoms. The molecule has 0 spiro atoms. The molecule has 3 heterocycles. The van der Waals surface area contributed by atoms with Crippen molar-refractivity contribution in [3.63, 3.8) is 0 Å². The van der Waals surface area contributed by atoms with Gasteiger partial charge in [0.15, 0.2) is 0 Å². The summed E-state index contributed by atoms with van der Waals surface area (Å²) in [6.45, 7) is 6.53. The van der Waals surface area contributed by atoms with Gasteiger partial charge in [-0.05, 0) is 50.1 Å². The number of piperazine rings is 1. The molecule has 1 aromatic carbocycles. The molecule has 0 saturated carbocycles. The topological polar surface area (TPSA) is 93.7 Å². The second-order valence-electron chi connectivity index (χ2n) is 8.21. The Bertz CT molecular complexity index is 1030. The minimum atomic E-state index is -3.51. The van der Waals surface area contributed by atoms with Crippen molar-refractivity contribution in [2.24, 2.45) is 5.92 Å². The SMILES string of the molecule is C[C@@H]1CCCN(S(=O)(=O)c2ccc(-c3nc(C#N)c(N4CCN(C)CC4)o3)cc2)C1. The highest BCUT2D eigenvalue weighted by Crippen LogP contribution is 2.30. The molecule has 8 nitrogen and oxygen atoms in total. The summed E-state index contributed by atoms with van der Waals surface area (Å²) in [5.74, 6) is 1.19. The molecule has 30 heavy (non-hydrogen) atoms. The lowest BCUT2D eigenvalue weighted by Gasteiger charge is -2.31. The fourth-order valence-corrected chi connectivity index (χ4v) is 5.61. The van der Waals surface area contributed by atoms with Crippen LogP contribution in [0.1, 0.15) is 25.5 Å².